The molecule has 0 spiro atoms. The molecule has 1 unspecified atom stereocenters. The third-order valence-corrected chi connectivity index (χ3v) is 8.00. The highest BCUT2D eigenvalue weighted by Gasteiger charge is 2.29. The number of benzene rings is 4. The van der Waals surface area contributed by atoms with Crippen molar-refractivity contribution in [2.24, 2.45) is 0 Å². The highest BCUT2D eigenvalue weighted by Crippen LogP contribution is 2.28. The van der Waals surface area contributed by atoms with Gasteiger partial charge in [-0.05, 0) is 66.1 Å². The SMILES string of the molecule is Cc1ccccc1C(NC(=O)CN(c1cccc(Cl)c1)S(=O)(=O)c1ccc(Cl)cc1)c1ccccc1. The van der Waals surface area contributed by atoms with Gasteiger partial charge in [0.05, 0.1) is 16.6 Å². The van der Waals surface area contributed by atoms with Gasteiger partial charge in [-0.1, -0.05) is 83.9 Å². The van der Waals surface area contributed by atoms with Gasteiger partial charge in [0.15, 0.2) is 0 Å². The van der Waals surface area contributed by atoms with Crippen LogP contribution >= 0.6 is 23.2 Å². The monoisotopic (exact) mass is 538 g/mol. The highest BCUT2D eigenvalue weighted by atomic mass is 35.5. The molecule has 4 aromatic carbocycles. The molecule has 0 radical (unpaired) electrons. The van der Waals surface area contributed by atoms with E-state index in [1.165, 1.54) is 30.3 Å². The van der Waals surface area contributed by atoms with E-state index in [4.69, 9.17) is 23.2 Å². The molecule has 4 rings (SSSR count). The van der Waals surface area contributed by atoms with Crippen LogP contribution in [0.2, 0.25) is 10.0 Å². The van der Waals surface area contributed by atoms with Crippen molar-refractivity contribution in [3.8, 4) is 0 Å². The summed E-state index contributed by atoms with van der Waals surface area (Å²) in [7, 11) is -4.10. The normalized spacial score (nSPS) is 12.1. The number of aryl methyl sites for hydroxylation is 1. The van der Waals surface area contributed by atoms with Crippen LogP contribution in [-0.4, -0.2) is 20.9 Å². The predicted molar refractivity (Wildman–Crippen MR) is 145 cm³/mol. The second-order valence-electron chi connectivity index (χ2n) is 8.21. The average Bonchev–Trinajstić information content (AvgIpc) is 2.87. The first kappa shape index (κ1) is 25.8. The Morgan fingerprint density at radius 2 is 1.50 bits per heavy atom. The average molecular weight is 539 g/mol. The first-order chi connectivity index (χ1) is 17.3. The summed E-state index contributed by atoms with van der Waals surface area (Å²) in [6.45, 7) is 1.53. The van der Waals surface area contributed by atoms with Gasteiger partial charge >= 0.3 is 0 Å². The second-order valence-corrected chi connectivity index (χ2v) is 10.9. The largest absolute Gasteiger partial charge is 0.344 e. The first-order valence-corrected chi connectivity index (χ1v) is 13.4. The van der Waals surface area contributed by atoms with E-state index in [1.807, 2.05) is 61.5 Å². The summed E-state index contributed by atoms with van der Waals surface area (Å²) in [5.41, 5.74) is 3.09. The van der Waals surface area contributed by atoms with Crippen molar-refractivity contribution in [3.05, 3.63) is 130 Å². The van der Waals surface area contributed by atoms with Gasteiger partial charge in [0.25, 0.3) is 10.0 Å². The van der Waals surface area contributed by atoms with Crippen LogP contribution in [0.1, 0.15) is 22.7 Å². The molecule has 36 heavy (non-hydrogen) atoms. The summed E-state index contributed by atoms with van der Waals surface area (Å²) in [4.78, 5) is 13.5. The molecule has 0 aliphatic heterocycles. The van der Waals surface area contributed by atoms with Crippen LogP contribution in [0.25, 0.3) is 0 Å². The van der Waals surface area contributed by atoms with Crippen LogP contribution in [0.15, 0.2) is 108 Å². The van der Waals surface area contributed by atoms with E-state index in [2.05, 4.69) is 5.32 Å². The molecule has 5 nitrogen and oxygen atoms in total. The van der Waals surface area contributed by atoms with Crippen molar-refractivity contribution in [2.45, 2.75) is 17.9 Å². The van der Waals surface area contributed by atoms with Gasteiger partial charge in [0.2, 0.25) is 5.91 Å². The van der Waals surface area contributed by atoms with Gasteiger partial charge in [-0.15, -0.1) is 0 Å². The topological polar surface area (TPSA) is 66.5 Å². The molecule has 1 N–H and O–H groups in total. The van der Waals surface area contributed by atoms with E-state index in [-0.39, 0.29) is 10.6 Å². The van der Waals surface area contributed by atoms with Crippen LogP contribution < -0.4 is 9.62 Å². The van der Waals surface area contributed by atoms with Crippen molar-refractivity contribution in [1.29, 1.82) is 0 Å². The molecule has 4 aromatic rings. The fraction of sp³-hybridized carbons (Fsp3) is 0.107. The number of amides is 1. The number of hydrogen-bond acceptors (Lipinski definition) is 3. The van der Waals surface area contributed by atoms with E-state index in [1.54, 1.807) is 18.2 Å². The fourth-order valence-electron chi connectivity index (χ4n) is 3.91. The Labute approximate surface area is 221 Å². The Morgan fingerprint density at radius 3 is 2.17 bits per heavy atom. The van der Waals surface area contributed by atoms with Crippen molar-refractivity contribution >= 4 is 44.8 Å². The van der Waals surface area contributed by atoms with Crippen LogP contribution in [0.5, 0.6) is 0 Å². The third kappa shape index (κ3) is 5.90. The van der Waals surface area contributed by atoms with Gasteiger partial charge in [0.1, 0.15) is 6.54 Å². The lowest BCUT2D eigenvalue weighted by atomic mass is 9.95. The molecule has 0 aliphatic carbocycles. The van der Waals surface area contributed by atoms with E-state index >= 15 is 0 Å². The van der Waals surface area contributed by atoms with Gasteiger partial charge < -0.3 is 5.32 Å². The maximum absolute atomic E-state index is 13.6. The third-order valence-electron chi connectivity index (χ3n) is 5.72. The number of rotatable bonds is 8. The lowest BCUT2D eigenvalue weighted by Crippen LogP contribution is -2.42. The zero-order chi connectivity index (χ0) is 25.7. The van der Waals surface area contributed by atoms with E-state index in [0.29, 0.717) is 10.0 Å². The Hall–Kier alpha value is -3.32. The van der Waals surface area contributed by atoms with Crippen LogP contribution in [-0.2, 0) is 14.8 Å². The zero-order valence-electron chi connectivity index (χ0n) is 19.4. The van der Waals surface area contributed by atoms with Crippen LogP contribution in [0, 0.1) is 6.92 Å². The Bertz CT molecular complexity index is 1460. The smallest absolute Gasteiger partial charge is 0.264 e. The number of hydrogen-bond donors (Lipinski definition) is 1. The molecule has 0 aromatic heterocycles. The zero-order valence-corrected chi connectivity index (χ0v) is 21.8. The quantitative estimate of drug-likeness (QED) is 0.282. The molecule has 0 saturated heterocycles. The Kier molecular flexibility index (Phi) is 7.99. The number of nitrogens with one attached hydrogen (secondary N) is 1. The molecule has 0 heterocycles. The number of carbonyl (C=O) groups is 1. The molecule has 0 saturated carbocycles. The molecule has 1 atom stereocenters. The number of sulfonamides is 1. The Morgan fingerprint density at radius 1 is 0.833 bits per heavy atom. The van der Waals surface area contributed by atoms with Crippen molar-refractivity contribution in [1.82, 2.24) is 5.32 Å². The molecule has 0 bridgehead atoms. The maximum atomic E-state index is 13.6. The van der Waals surface area contributed by atoms with Gasteiger partial charge in [-0.2, -0.15) is 0 Å². The number of carbonyl (C=O) groups excluding carboxylic acids is 1. The molecular formula is C28H24Cl2N2O3S. The Balaban J connectivity index is 1.70. The van der Waals surface area contributed by atoms with Gasteiger partial charge in [-0.25, -0.2) is 8.42 Å². The van der Waals surface area contributed by atoms with E-state index < -0.39 is 28.5 Å². The molecule has 0 fully saturated rings. The van der Waals surface area contributed by atoms with Crippen molar-refractivity contribution in [3.63, 3.8) is 0 Å². The highest BCUT2D eigenvalue weighted by molar-refractivity contribution is 7.92. The lowest BCUT2D eigenvalue weighted by molar-refractivity contribution is -0.120. The standard InChI is InChI=1S/C28H24Cl2N2O3S/c1-20-8-5-6-13-26(20)28(21-9-3-2-4-10-21)31-27(33)19-32(24-12-7-11-23(30)18-24)36(34,35)25-16-14-22(29)15-17-25/h2-18,28H,19H2,1H3,(H,31,33). The summed E-state index contributed by atoms with van der Waals surface area (Å²) in [5.74, 6) is -0.468. The minimum Gasteiger partial charge on any atom is -0.344 e. The van der Waals surface area contributed by atoms with Crippen LogP contribution in [0.4, 0.5) is 5.69 Å². The summed E-state index contributed by atoms with van der Waals surface area (Å²) < 4.78 is 28.3. The molecular weight excluding hydrogens is 515 g/mol. The predicted octanol–water partition coefficient (Wildman–Crippen LogP) is 6.40. The summed E-state index contributed by atoms with van der Waals surface area (Å²) in [5, 5.41) is 3.80. The van der Waals surface area contributed by atoms with E-state index in [0.717, 1.165) is 21.0 Å². The number of halogens is 2. The minimum absolute atomic E-state index is 0.0122. The van der Waals surface area contributed by atoms with Crippen molar-refractivity contribution < 1.29 is 13.2 Å². The molecule has 1 amide bonds. The summed E-state index contributed by atoms with van der Waals surface area (Å²) in [6.07, 6.45) is 0. The summed E-state index contributed by atoms with van der Waals surface area (Å²) >= 11 is 12.1. The summed E-state index contributed by atoms with van der Waals surface area (Å²) in [6, 6.07) is 29.1. The van der Waals surface area contributed by atoms with E-state index in [9.17, 15) is 13.2 Å². The number of nitrogens with zero attached hydrogens (tertiary/aromatic N) is 1. The lowest BCUT2D eigenvalue weighted by Gasteiger charge is -2.27. The van der Waals surface area contributed by atoms with Gasteiger partial charge in [0, 0.05) is 10.0 Å². The molecule has 8 heteroatoms. The first-order valence-electron chi connectivity index (χ1n) is 11.2. The maximum Gasteiger partial charge on any atom is 0.264 e. The molecule has 184 valence electrons. The van der Waals surface area contributed by atoms with Crippen molar-refractivity contribution in [2.75, 3.05) is 10.8 Å². The van der Waals surface area contributed by atoms with Crippen LogP contribution in [0.3, 0.4) is 0 Å². The minimum atomic E-state index is -4.10. The number of anilines is 1. The fourth-order valence-corrected chi connectivity index (χ4v) is 5.64. The molecule has 0 aliphatic rings. The second kappa shape index (κ2) is 11.2. The van der Waals surface area contributed by atoms with Gasteiger partial charge in [-0.3, -0.25) is 9.10 Å².